The first kappa shape index (κ1) is 12.9. The van der Waals surface area contributed by atoms with Crippen molar-refractivity contribution in [2.75, 3.05) is 46.9 Å². The van der Waals surface area contributed by atoms with Gasteiger partial charge in [-0.1, -0.05) is 6.92 Å². The highest BCUT2D eigenvalue weighted by Gasteiger charge is 1.94. The molecule has 1 N–H and O–H groups in total. The van der Waals surface area contributed by atoms with Crippen molar-refractivity contribution in [3.8, 4) is 0 Å². The molecule has 0 unspecified atom stereocenters. The van der Waals surface area contributed by atoms with Crippen LogP contribution < -0.4 is 5.32 Å². The molecule has 0 rings (SSSR count). The lowest BCUT2D eigenvalue weighted by atomic mass is 10.4. The highest BCUT2D eigenvalue weighted by Crippen LogP contribution is 1.84. The van der Waals surface area contributed by atoms with Gasteiger partial charge in [-0.25, -0.2) is 0 Å². The number of hydrogen-bond donors (Lipinski definition) is 1. The standard InChI is InChI=1S/C10H24N2O/c1-4-8-12(2)9-7-11-6-5-10-13-3/h11H,4-10H2,1-3H3. The van der Waals surface area contributed by atoms with E-state index in [1.165, 1.54) is 13.0 Å². The number of nitrogens with one attached hydrogen (secondary N) is 1. The van der Waals surface area contributed by atoms with Crippen LogP contribution in [0.3, 0.4) is 0 Å². The molecule has 80 valence electrons. The first-order chi connectivity index (χ1) is 6.31. The van der Waals surface area contributed by atoms with E-state index in [0.717, 1.165) is 32.7 Å². The summed E-state index contributed by atoms with van der Waals surface area (Å²) in [6.45, 7) is 7.55. The van der Waals surface area contributed by atoms with E-state index in [-0.39, 0.29) is 0 Å². The molecule has 3 heteroatoms. The minimum absolute atomic E-state index is 0.859. The van der Waals surface area contributed by atoms with Gasteiger partial charge in [-0.2, -0.15) is 0 Å². The monoisotopic (exact) mass is 188 g/mol. The van der Waals surface area contributed by atoms with E-state index in [4.69, 9.17) is 4.74 Å². The summed E-state index contributed by atoms with van der Waals surface area (Å²) in [6, 6.07) is 0. The normalized spacial score (nSPS) is 11.1. The van der Waals surface area contributed by atoms with Gasteiger partial charge >= 0.3 is 0 Å². The lowest BCUT2D eigenvalue weighted by Gasteiger charge is -2.15. The van der Waals surface area contributed by atoms with Gasteiger partial charge in [0.25, 0.3) is 0 Å². The van der Waals surface area contributed by atoms with E-state index < -0.39 is 0 Å². The summed E-state index contributed by atoms with van der Waals surface area (Å²) in [5.41, 5.74) is 0. The summed E-state index contributed by atoms with van der Waals surface area (Å²) < 4.78 is 4.96. The zero-order valence-electron chi connectivity index (χ0n) is 9.31. The van der Waals surface area contributed by atoms with Crippen molar-refractivity contribution in [2.45, 2.75) is 19.8 Å². The summed E-state index contributed by atoms with van der Waals surface area (Å²) in [7, 11) is 3.91. The van der Waals surface area contributed by atoms with Crippen LogP contribution in [0.15, 0.2) is 0 Å². The third-order valence-electron chi connectivity index (χ3n) is 1.98. The van der Waals surface area contributed by atoms with Gasteiger partial charge in [-0.15, -0.1) is 0 Å². The van der Waals surface area contributed by atoms with Crippen molar-refractivity contribution in [3.63, 3.8) is 0 Å². The number of likely N-dealkylation sites (N-methyl/N-ethyl adjacent to an activating group) is 1. The number of rotatable bonds is 9. The van der Waals surface area contributed by atoms with Gasteiger partial charge < -0.3 is 15.0 Å². The summed E-state index contributed by atoms with van der Waals surface area (Å²) >= 11 is 0. The van der Waals surface area contributed by atoms with E-state index in [9.17, 15) is 0 Å². The van der Waals surface area contributed by atoms with Crippen molar-refractivity contribution < 1.29 is 4.74 Å². The summed E-state index contributed by atoms with van der Waals surface area (Å²) in [6.07, 6.45) is 2.34. The summed E-state index contributed by atoms with van der Waals surface area (Å²) in [5, 5.41) is 3.39. The molecule has 0 bridgehead atoms. The Balaban J connectivity index is 2.97. The third-order valence-corrected chi connectivity index (χ3v) is 1.98. The number of methoxy groups -OCH3 is 1. The van der Waals surface area contributed by atoms with Gasteiger partial charge in [0, 0.05) is 26.8 Å². The molecule has 0 saturated carbocycles. The minimum Gasteiger partial charge on any atom is -0.385 e. The van der Waals surface area contributed by atoms with Crippen LogP contribution in [0, 0.1) is 0 Å². The molecule has 0 spiro atoms. The Bertz CT molecular complexity index is 98.9. The zero-order chi connectivity index (χ0) is 9.94. The molecule has 0 aromatic rings. The van der Waals surface area contributed by atoms with Crippen LogP contribution in [0.4, 0.5) is 0 Å². The Hall–Kier alpha value is -0.120. The minimum atomic E-state index is 0.859. The lowest BCUT2D eigenvalue weighted by Crippen LogP contribution is -2.30. The fraction of sp³-hybridized carbons (Fsp3) is 1.00. The average Bonchev–Trinajstić information content (AvgIpc) is 2.11. The molecule has 0 aliphatic carbocycles. The Morgan fingerprint density at radius 2 is 2.00 bits per heavy atom. The first-order valence-electron chi connectivity index (χ1n) is 5.19. The number of nitrogens with zero attached hydrogens (tertiary/aromatic N) is 1. The van der Waals surface area contributed by atoms with Crippen LogP contribution in [0.1, 0.15) is 19.8 Å². The second-order valence-corrected chi connectivity index (χ2v) is 3.40. The molecule has 13 heavy (non-hydrogen) atoms. The highest BCUT2D eigenvalue weighted by atomic mass is 16.5. The molecule has 0 heterocycles. The molecule has 0 aromatic heterocycles. The Morgan fingerprint density at radius 3 is 2.62 bits per heavy atom. The Kier molecular flexibility index (Phi) is 9.87. The second-order valence-electron chi connectivity index (χ2n) is 3.40. The average molecular weight is 188 g/mol. The molecule has 0 aliphatic rings. The van der Waals surface area contributed by atoms with Crippen LogP contribution in [-0.4, -0.2) is 51.8 Å². The maximum absolute atomic E-state index is 4.96. The zero-order valence-corrected chi connectivity index (χ0v) is 9.31. The summed E-state index contributed by atoms with van der Waals surface area (Å²) in [4.78, 5) is 2.35. The van der Waals surface area contributed by atoms with E-state index in [0.29, 0.717) is 0 Å². The predicted octanol–water partition coefficient (Wildman–Crippen LogP) is 0.954. The molecule has 0 atom stereocenters. The van der Waals surface area contributed by atoms with Crippen molar-refractivity contribution in [1.82, 2.24) is 10.2 Å². The molecular weight excluding hydrogens is 164 g/mol. The molecule has 0 saturated heterocycles. The van der Waals surface area contributed by atoms with Gasteiger partial charge in [0.15, 0.2) is 0 Å². The molecule has 0 fully saturated rings. The molecule has 0 amide bonds. The van der Waals surface area contributed by atoms with Crippen LogP contribution >= 0.6 is 0 Å². The third kappa shape index (κ3) is 9.80. The van der Waals surface area contributed by atoms with Crippen LogP contribution in [0.25, 0.3) is 0 Å². The smallest absolute Gasteiger partial charge is 0.0474 e. The topological polar surface area (TPSA) is 24.5 Å². The highest BCUT2D eigenvalue weighted by molar-refractivity contribution is 4.53. The van der Waals surface area contributed by atoms with Gasteiger partial charge in [0.2, 0.25) is 0 Å². The van der Waals surface area contributed by atoms with Crippen LogP contribution in [-0.2, 0) is 4.74 Å². The van der Waals surface area contributed by atoms with Crippen molar-refractivity contribution in [3.05, 3.63) is 0 Å². The SMILES string of the molecule is CCCN(C)CCNCCCOC. The molecule has 0 radical (unpaired) electrons. The number of ether oxygens (including phenoxy) is 1. The number of hydrogen-bond acceptors (Lipinski definition) is 3. The largest absolute Gasteiger partial charge is 0.385 e. The summed E-state index contributed by atoms with van der Waals surface area (Å²) in [5.74, 6) is 0. The Labute approximate surface area is 82.4 Å². The van der Waals surface area contributed by atoms with E-state index in [2.05, 4.69) is 24.2 Å². The van der Waals surface area contributed by atoms with E-state index >= 15 is 0 Å². The van der Waals surface area contributed by atoms with Gasteiger partial charge in [0.1, 0.15) is 0 Å². The van der Waals surface area contributed by atoms with E-state index in [1.807, 2.05) is 0 Å². The lowest BCUT2D eigenvalue weighted by molar-refractivity contribution is 0.194. The maximum Gasteiger partial charge on any atom is 0.0474 e. The van der Waals surface area contributed by atoms with Crippen LogP contribution in [0.2, 0.25) is 0 Å². The molecule has 0 aromatic carbocycles. The van der Waals surface area contributed by atoms with Gasteiger partial charge in [-0.05, 0) is 33.0 Å². The fourth-order valence-electron chi connectivity index (χ4n) is 1.23. The van der Waals surface area contributed by atoms with Crippen molar-refractivity contribution >= 4 is 0 Å². The van der Waals surface area contributed by atoms with Crippen molar-refractivity contribution in [2.24, 2.45) is 0 Å². The molecule has 0 aliphatic heterocycles. The van der Waals surface area contributed by atoms with Crippen LogP contribution in [0.5, 0.6) is 0 Å². The molecule has 3 nitrogen and oxygen atoms in total. The van der Waals surface area contributed by atoms with Gasteiger partial charge in [-0.3, -0.25) is 0 Å². The Morgan fingerprint density at radius 1 is 1.23 bits per heavy atom. The second kappa shape index (κ2) is 9.96. The predicted molar refractivity (Wildman–Crippen MR) is 57.2 cm³/mol. The fourth-order valence-corrected chi connectivity index (χ4v) is 1.23. The van der Waals surface area contributed by atoms with Crippen molar-refractivity contribution in [1.29, 1.82) is 0 Å². The van der Waals surface area contributed by atoms with E-state index in [1.54, 1.807) is 7.11 Å². The first-order valence-corrected chi connectivity index (χ1v) is 5.19. The van der Waals surface area contributed by atoms with Gasteiger partial charge in [0.05, 0.1) is 0 Å². The quantitative estimate of drug-likeness (QED) is 0.545. The molecular formula is C10H24N2O. The maximum atomic E-state index is 4.96.